The molecule has 712 valence electrons. The van der Waals surface area contributed by atoms with Gasteiger partial charge in [0.2, 0.25) is 23.6 Å². The third-order valence-electron chi connectivity index (χ3n) is 28.0. The SMILES string of the molecule is CC(C)Oc1ccc(-c2cnc(-c3cccc4c3CC[C@@]43CC(=O)N(CCO)C3)cn2)cc1C#N.CC(C)Oc1ccc(-c2cnc(-c3cccc4c3CC[C@]43CC(=O)N(CCO)C3)cn2)cc1C#N.CC(C)Oc1ccc(-c2ncc(-c3cccc4c3CC[C@@]43CC(=O)N(CCO)C3)cn2)cc1C#N.CC(C)Oc1ccc(-c2ncc(-c3cccc4c3CC[C@]43CC(=O)N(CCO)C3)cn2)cc1C#N. The summed E-state index contributed by atoms with van der Waals surface area (Å²) in [7, 11) is 0. The molecule has 4 fully saturated rings. The number of aliphatic hydroxyl groups is 4. The zero-order valence-electron chi connectivity index (χ0n) is 80.0. The number of β-amino-alcohol motifs (C(OH)–C–C–N with tert-alkyl or cyclic N) is 4. The highest BCUT2D eigenvalue weighted by molar-refractivity contribution is 5.86. The first-order valence-electron chi connectivity index (χ1n) is 47.9. The predicted octanol–water partition coefficient (Wildman–Crippen LogP) is 15.5. The van der Waals surface area contributed by atoms with Crippen LogP contribution >= 0.6 is 0 Å². The van der Waals surface area contributed by atoms with Crippen LogP contribution in [0.25, 0.3) is 90.1 Å². The summed E-state index contributed by atoms with van der Waals surface area (Å²) < 4.78 is 22.9. The van der Waals surface area contributed by atoms with Gasteiger partial charge in [-0.05, 0) is 235 Å². The van der Waals surface area contributed by atoms with Gasteiger partial charge in [0, 0.05) is 169 Å². The summed E-state index contributed by atoms with van der Waals surface area (Å²) in [6, 6.07) is 55.5. The fraction of sp³-hybridized carbons (Fsp3) is 0.357. The van der Waals surface area contributed by atoms with Gasteiger partial charge in [-0.3, -0.25) is 39.1 Å². The molecule has 4 saturated heterocycles. The maximum absolute atomic E-state index is 12.5. The quantitative estimate of drug-likeness (QED) is 0.0436. The molecule has 140 heavy (non-hydrogen) atoms. The number of carbonyl (C=O) groups is 4. The number of hydrogen-bond donors (Lipinski definition) is 4. The van der Waals surface area contributed by atoms with E-state index in [0.717, 1.165) is 118 Å². The number of aromatic nitrogens is 8. The second-order valence-electron chi connectivity index (χ2n) is 38.4. The fourth-order valence-electron chi connectivity index (χ4n) is 21.7. The largest absolute Gasteiger partial charge is 0.490 e. The summed E-state index contributed by atoms with van der Waals surface area (Å²) in [5, 5.41) is 75.4. The van der Waals surface area contributed by atoms with Crippen molar-refractivity contribution in [3.8, 4) is 137 Å². The zero-order chi connectivity index (χ0) is 98.3. The first kappa shape index (κ1) is 96.6. The minimum Gasteiger partial charge on any atom is -0.490 e. The molecule has 4 aromatic heterocycles. The van der Waals surface area contributed by atoms with Gasteiger partial charge >= 0.3 is 0 Å². The van der Waals surface area contributed by atoms with Crippen molar-refractivity contribution < 1.29 is 58.6 Å². The van der Waals surface area contributed by atoms with Crippen molar-refractivity contribution in [2.75, 3.05) is 78.8 Å². The van der Waals surface area contributed by atoms with E-state index in [4.69, 9.17) is 28.9 Å². The molecule has 8 aliphatic rings. The van der Waals surface area contributed by atoms with Gasteiger partial charge in [0.1, 0.15) is 47.3 Å². The Kier molecular flexibility index (Phi) is 28.5. The van der Waals surface area contributed by atoms with Gasteiger partial charge < -0.3 is 59.0 Å². The number of fused-ring (bicyclic) bond motifs is 8. The first-order valence-corrected chi connectivity index (χ1v) is 47.9. The lowest BCUT2D eigenvalue weighted by Gasteiger charge is -2.25. The maximum Gasteiger partial charge on any atom is 0.223 e. The van der Waals surface area contributed by atoms with Crippen LogP contribution in [0.4, 0.5) is 0 Å². The minimum atomic E-state index is -0.182. The summed E-state index contributed by atoms with van der Waals surface area (Å²) in [6.45, 7) is 19.6. The Balaban J connectivity index is 0.000000129. The Morgan fingerprint density at radius 2 is 0.550 bits per heavy atom. The van der Waals surface area contributed by atoms with Crippen molar-refractivity contribution in [2.24, 2.45) is 0 Å². The summed E-state index contributed by atoms with van der Waals surface area (Å²) in [6.07, 6.45) is 23.5. The van der Waals surface area contributed by atoms with Gasteiger partial charge in [-0.15, -0.1) is 0 Å². The topological polar surface area (TPSA) is 397 Å². The molecular weight excluding hydrogens is 1760 g/mol. The monoisotopic (exact) mass is 1870 g/mol. The molecule has 4 atom stereocenters. The highest BCUT2D eigenvalue weighted by Gasteiger charge is 2.53. The molecule has 20 rings (SSSR count). The van der Waals surface area contributed by atoms with Gasteiger partial charge in [0.05, 0.1) is 121 Å². The van der Waals surface area contributed by atoms with E-state index in [2.05, 4.69) is 103 Å². The molecule has 8 aromatic carbocycles. The number of amides is 4. The highest BCUT2D eigenvalue weighted by Crippen LogP contribution is 2.54. The number of hydrogen-bond acceptors (Lipinski definition) is 24. The highest BCUT2D eigenvalue weighted by atomic mass is 16.5. The average Bonchev–Trinajstić information content (AvgIpc) is 1.59. The van der Waals surface area contributed by atoms with Crippen LogP contribution in [-0.2, 0) is 66.5 Å². The third-order valence-corrected chi connectivity index (χ3v) is 28.0. The van der Waals surface area contributed by atoms with Crippen LogP contribution in [0.2, 0.25) is 0 Å². The van der Waals surface area contributed by atoms with Crippen LogP contribution in [0.1, 0.15) is 174 Å². The lowest BCUT2D eigenvalue weighted by molar-refractivity contribution is -0.128. The van der Waals surface area contributed by atoms with Crippen molar-refractivity contribution in [3.63, 3.8) is 0 Å². The standard InChI is InChI=1S/4C28H28N4O3/c2*1-18(2)35-25-7-6-19(12-20(25)14-29)27-30-15-21(16-31-27)22-4-3-5-24-23(22)8-9-28(24)13-26(34)32(17-28)10-11-33;2*1-18(2)35-26-7-6-19(12-20(26)14-29)24-15-31-25(16-30-24)22-4-3-5-23-21(22)8-9-28(23)13-27(34)32(17-28)10-11-33/h4*3-7,12,15-16,18,33H,8-11,13,17H2,1-2H3/t4*28-/m1010/s1. The number of benzene rings is 8. The number of ether oxygens (including phenoxy) is 4. The number of nitriles is 4. The number of rotatable bonds is 24. The van der Waals surface area contributed by atoms with E-state index < -0.39 is 0 Å². The Labute approximate surface area is 814 Å². The number of likely N-dealkylation sites (tertiary alicyclic amines) is 4. The Morgan fingerprint density at radius 3 is 0.800 bits per heavy atom. The second kappa shape index (κ2) is 41.3. The summed E-state index contributed by atoms with van der Waals surface area (Å²) in [5.41, 5.74) is 23.2. The van der Waals surface area contributed by atoms with Crippen molar-refractivity contribution in [3.05, 3.63) is 262 Å². The van der Waals surface area contributed by atoms with E-state index in [9.17, 15) is 60.7 Å². The van der Waals surface area contributed by atoms with Crippen LogP contribution in [-0.4, -0.2) is 207 Å². The molecule has 8 heterocycles. The number of carbonyl (C=O) groups excluding carboxylic acids is 4. The van der Waals surface area contributed by atoms with Gasteiger partial charge in [0.25, 0.3) is 0 Å². The molecule has 28 heteroatoms. The summed E-state index contributed by atoms with van der Waals surface area (Å²) >= 11 is 0. The van der Waals surface area contributed by atoms with Crippen LogP contribution in [0, 0.1) is 45.3 Å². The van der Waals surface area contributed by atoms with Gasteiger partial charge in [-0.25, -0.2) is 19.9 Å². The Bertz CT molecular complexity index is 6070. The molecule has 4 amide bonds. The summed E-state index contributed by atoms with van der Waals surface area (Å²) in [4.78, 5) is 94.5. The van der Waals surface area contributed by atoms with Gasteiger partial charge in [-0.2, -0.15) is 21.0 Å². The van der Waals surface area contributed by atoms with Crippen molar-refractivity contribution in [1.82, 2.24) is 59.5 Å². The van der Waals surface area contributed by atoms with Crippen molar-refractivity contribution >= 4 is 23.6 Å². The Morgan fingerprint density at radius 1 is 0.307 bits per heavy atom. The van der Waals surface area contributed by atoms with Crippen LogP contribution in [0.15, 0.2) is 195 Å². The lowest BCUT2D eigenvalue weighted by atomic mass is 9.80. The average molecular weight is 1870 g/mol. The van der Waals surface area contributed by atoms with Crippen LogP contribution in [0.5, 0.6) is 23.0 Å². The van der Waals surface area contributed by atoms with Crippen molar-refractivity contribution in [1.29, 1.82) is 21.0 Å². The lowest BCUT2D eigenvalue weighted by Crippen LogP contribution is -2.32. The third kappa shape index (κ3) is 19.7. The normalized spacial score (nSPS) is 18.8. The predicted molar refractivity (Wildman–Crippen MR) is 527 cm³/mol. The fourth-order valence-corrected chi connectivity index (χ4v) is 21.7. The molecule has 0 unspecified atom stereocenters. The van der Waals surface area contributed by atoms with Gasteiger partial charge in [-0.1, -0.05) is 72.8 Å². The summed E-state index contributed by atoms with van der Waals surface area (Å²) in [5.74, 6) is 3.79. The van der Waals surface area contributed by atoms with E-state index in [1.54, 1.807) is 92.9 Å². The van der Waals surface area contributed by atoms with E-state index in [-0.39, 0.29) is 96.1 Å². The van der Waals surface area contributed by atoms with Crippen molar-refractivity contribution in [2.45, 2.75) is 179 Å². The molecule has 12 aromatic rings. The van der Waals surface area contributed by atoms with E-state index >= 15 is 0 Å². The van der Waals surface area contributed by atoms with Crippen LogP contribution < -0.4 is 18.9 Å². The van der Waals surface area contributed by atoms with Gasteiger partial charge in [0.15, 0.2) is 11.6 Å². The maximum atomic E-state index is 12.5. The first-order chi connectivity index (χ1) is 67.7. The Hall–Kier alpha value is -15.0. The number of nitrogens with zero attached hydrogens (tertiary/aromatic N) is 16. The number of aliphatic hydroxyl groups excluding tert-OH is 4. The molecule has 0 saturated carbocycles. The molecule has 4 aliphatic heterocycles. The smallest absolute Gasteiger partial charge is 0.223 e. The minimum absolute atomic E-state index is 0.0122. The molecule has 4 N–H and O–H groups in total. The molecule has 4 spiro atoms. The molecule has 0 bridgehead atoms. The molecule has 4 aliphatic carbocycles. The second-order valence-corrected chi connectivity index (χ2v) is 38.4. The van der Waals surface area contributed by atoms with E-state index in [0.29, 0.717) is 146 Å². The molecule has 28 nitrogen and oxygen atoms in total. The van der Waals surface area contributed by atoms with E-state index in [1.165, 1.54) is 44.5 Å². The molecular formula is C112H112N16O12. The van der Waals surface area contributed by atoms with Crippen LogP contribution in [0.3, 0.4) is 0 Å². The molecule has 0 radical (unpaired) electrons. The van der Waals surface area contributed by atoms with E-state index in [1.807, 2.05) is 129 Å². The zero-order valence-corrected chi connectivity index (χ0v) is 80.0.